The molecule has 0 unspecified atom stereocenters. The van der Waals surface area contributed by atoms with Gasteiger partial charge in [0.05, 0.1) is 0 Å². The van der Waals surface area contributed by atoms with Gasteiger partial charge in [-0.3, -0.25) is 0 Å². The van der Waals surface area contributed by atoms with Crippen molar-refractivity contribution in [3.63, 3.8) is 0 Å². The molecule has 0 aliphatic heterocycles. The first-order valence-corrected chi connectivity index (χ1v) is 8.13. The standard InChI is InChI=1S/C17H28/c1-2-4-6-8-10-17-15-12-11-14(13-15)16(17)9-7-5-3-1/h11-12,14-17H,1-10,13H2/t14-,15+,16-,17+. The van der Waals surface area contributed by atoms with Gasteiger partial charge in [0.25, 0.3) is 0 Å². The predicted molar refractivity (Wildman–Crippen MR) is 73.9 cm³/mol. The average Bonchev–Trinajstić information content (AvgIpc) is 2.89. The number of rotatable bonds is 0. The van der Waals surface area contributed by atoms with E-state index in [0.717, 1.165) is 23.7 Å². The minimum absolute atomic E-state index is 0.980. The molecule has 0 N–H and O–H groups in total. The zero-order chi connectivity index (χ0) is 11.5. The molecule has 0 spiro atoms. The van der Waals surface area contributed by atoms with Gasteiger partial charge in [-0.2, -0.15) is 0 Å². The van der Waals surface area contributed by atoms with Crippen molar-refractivity contribution < 1.29 is 0 Å². The maximum Gasteiger partial charge on any atom is -0.0196 e. The van der Waals surface area contributed by atoms with E-state index in [-0.39, 0.29) is 0 Å². The van der Waals surface area contributed by atoms with Gasteiger partial charge in [0.1, 0.15) is 0 Å². The number of fused-ring (bicyclic) bond motifs is 5. The van der Waals surface area contributed by atoms with Crippen molar-refractivity contribution in [2.75, 3.05) is 0 Å². The fraction of sp³-hybridized carbons (Fsp3) is 0.882. The first kappa shape index (κ1) is 11.8. The zero-order valence-corrected chi connectivity index (χ0v) is 11.2. The van der Waals surface area contributed by atoms with Crippen molar-refractivity contribution >= 4 is 0 Å². The molecule has 0 aromatic carbocycles. The maximum atomic E-state index is 2.55. The predicted octanol–water partition coefficient (Wildman–Crippen LogP) is 5.34. The molecule has 2 fully saturated rings. The topological polar surface area (TPSA) is 0 Å². The van der Waals surface area contributed by atoms with E-state index in [9.17, 15) is 0 Å². The summed E-state index contributed by atoms with van der Waals surface area (Å²) < 4.78 is 0. The highest BCUT2D eigenvalue weighted by Crippen LogP contribution is 2.51. The second-order valence-electron chi connectivity index (χ2n) is 6.68. The summed E-state index contributed by atoms with van der Waals surface area (Å²) in [4.78, 5) is 0. The molecule has 0 heteroatoms. The van der Waals surface area contributed by atoms with E-state index < -0.39 is 0 Å². The molecule has 0 heterocycles. The van der Waals surface area contributed by atoms with Crippen LogP contribution in [0.5, 0.6) is 0 Å². The van der Waals surface area contributed by atoms with Gasteiger partial charge in [0, 0.05) is 0 Å². The third kappa shape index (κ3) is 2.61. The first-order valence-electron chi connectivity index (χ1n) is 8.13. The van der Waals surface area contributed by atoms with E-state index in [1.165, 1.54) is 70.6 Å². The van der Waals surface area contributed by atoms with Crippen LogP contribution in [0, 0.1) is 23.7 Å². The zero-order valence-electron chi connectivity index (χ0n) is 11.2. The molecular formula is C17H28. The smallest absolute Gasteiger partial charge is 0.0196 e. The van der Waals surface area contributed by atoms with E-state index in [0.29, 0.717) is 0 Å². The van der Waals surface area contributed by atoms with Crippen LogP contribution in [0.3, 0.4) is 0 Å². The van der Waals surface area contributed by atoms with E-state index in [1.54, 1.807) is 0 Å². The lowest BCUT2D eigenvalue weighted by Crippen LogP contribution is -2.19. The SMILES string of the molecule is C1=C[C@H]2C[C@@H]1[C@H]1CCCCCCCCCC[C@H]12. The molecule has 0 aromatic heterocycles. The molecule has 3 rings (SSSR count). The van der Waals surface area contributed by atoms with Gasteiger partial charge in [-0.15, -0.1) is 0 Å². The lowest BCUT2D eigenvalue weighted by atomic mass is 9.77. The average molecular weight is 232 g/mol. The number of hydrogen-bond donors (Lipinski definition) is 0. The summed E-state index contributed by atoms with van der Waals surface area (Å²) in [5.74, 6) is 4.11. The van der Waals surface area contributed by atoms with E-state index >= 15 is 0 Å². The summed E-state index contributed by atoms with van der Waals surface area (Å²) in [6.07, 6.45) is 21.7. The Bertz CT molecular complexity index is 239. The summed E-state index contributed by atoms with van der Waals surface area (Å²) in [6.45, 7) is 0. The molecule has 96 valence electrons. The van der Waals surface area contributed by atoms with Crippen molar-refractivity contribution in [3.05, 3.63) is 12.2 Å². The molecule has 0 radical (unpaired) electrons. The quantitative estimate of drug-likeness (QED) is 0.495. The van der Waals surface area contributed by atoms with Gasteiger partial charge in [0.2, 0.25) is 0 Å². The Morgan fingerprint density at radius 3 is 1.41 bits per heavy atom. The molecule has 17 heavy (non-hydrogen) atoms. The van der Waals surface area contributed by atoms with Gasteiger partial charge < -0.3 is 0 Å². The van der Waals surface area contributed by atoms with Gasteiger partial charge >= 0.3 is 0 Å². The summed E-state index contributed by atoms with van der Waals surface area (Å²) >= 11 is 0. The van der Waals surface area contributed by atoms with Gasteiger partial charge in [0.15, 0.2) is 0 Å². The summed E-state index contributed by atoms with van der Waals surface area (Å²) in [6, 6.07) is 0. The van der Waals surface area contributed by atoms with Crippen molar-refractivity contribution in [2.24, 2.45) is 23.7 Å². The monoisotopic (exact) mass is 232 g/mol. The van der Waals surface area contributed by atoms with Crippen molar-refractivity contribution in [1.29, 1.82) is 0 Å². The number of allylic oxidation sites excluding steroid dienone is 2. The molecule has 2 saturated carbocycles. The summed E-state index contributed by atoms with van der Waals surface area (Å²) in [7, 11) is 0. The van der Waals surface area contributed by atoms with Crippen LogP contribution in [0.1, 0.15) is 70.6 Å². The van der Waals surface area contributed by atoms with Crippen LogP contribution in [-0.4, -0.2) is 0 Å². The van der Waals surface area contributed by atoms with Crippen LogP contribution in [0.25, 0.3) is 0 Å². The van der Waals surface area contributed by atoms with Crippen LogP contribution in [0.15, 0.2) is 12.2 Å². The Morgan fingerprint density at radius 1 is 0.529 bits per heavy atom. The van der Waals surface area contributed by atoms with Gasteiger partial charge in [-0.05, 0) is 42.9 Å². The molecule has 0 saturated heterocycles. The normalized spacial score (nSPS) is 42.8. The minimum Gasteiger partial charge on any atom is -0.0848 e. The van der Waals surface area contributed by atoms with Crippen molar-refractivity contribution in [1.82, 2.24) is 0 Å². The molecule has 2 bridgehead atoms. The fourth-order valence-corrected chi connectivity index (χ4v) is 4.70. The highest BCUT2D eigenvalue weighted by molar-refractivity contribution is 5.13. The van der Waals surface area contributed by atoms with Crippen molar-refractivity contribution in [2.45, 2.75) is 70.6 Å². The first-order chi connectivity index (χ1) is 8.45. The largest absolute Gasteiger partial charge is 0.0848 e. The summed E-state index contributed by atoms with van der Waals surface area (Å²) in [5, 5.41) is 0. The number of hydrogen-bond acceptors (Lipinski definition) is 0. The second kappa shape index (κ2) is 5.59. The Kier molecular flexibility index (Phi) is 3.88. The molecule has 4 atom stereocenters. The molecule has 0 aromatic rings. The molecule has 3 aliphatic carbocycles. The van der Waals surface area contributed by atoms with Crippen LogP contribution in [0.2, 0.25) is 0 Å². The van der Waals surface area contributed by atoms with Gasteiger partial charge in [-0.1, -0.05) is 63.5 Å². The Balaban J connectivity index is 1.61. The second-order valence-corrected chi connectivity index (χ2v) is 6.68. The molecule has 0 amide bonds. The maximum absolute atomic E-state index is 2.55. The van der Waals surface area contributed by atoms with E-state index in [4.69, 9.17) is 0 Å². The van der Waals surface area contributed by atoms with E-state index in [1.807, 2.05) is 0 Å². The van der Waals surface area contributed by atoms with Crippen molar-refractivity contribution in [3.8, 4) is 0 Å². The highest BCUT2D eigenvalue weighted by atomic mass is 14.5. The highest BCUT2D eigenvalue weighted by Gasteiger charge is 2.43. The molecule has 3 aliphatic rings. The Labute approximate surface area is 107 Å². The lowest BCUT2D eigenvalue weighted by molar-refractivity contribution is 0.258. The Hall–Kier alpha value is -0.260. The third-order valence-electron chi connectivity index (χ3n) is 5.62. The fourth-order valence-electron chi connectivity index (χ4n) is 4.70. The van der Waals surface area contributed by atoms with Crippen LogP contribution < -0.4 is 0 Å². The molecule has 0 nitrogen and oxygen atoms in total. The summed E-state index contributed by atoms with van der Waals surface area (Å²) in [5.41, 5.74) is 0. The third-order valence-corrected chi connectivity index (χ3v) is 5.62. The van der Waals surface area contributed by atoms with Crippen LogP contribution >= 0.6 is 0 Å². The molecular weight excluding hydrogens is 204 g/mol. The lowest BCUT2D eigenvalue weighted by Gasteiger charge is -2.28. The van der Waals surface area contributed by atoms with Gasteiger partial charge in [-0.25, -0.2) is 0 Å². The van der Waals surface area contributed by atoms with Crippen LogP contribution in [-0.2, 0) is 0 Å². The van der Waals surface area contributed by atoms with E-state index in [2.05, 4.69) is 12.2 Å². The van der Waals surface area contributed by atoms with Crippen LogP contribution in [0.4, 0.5) is 0 Å². The Morgan fingerprint density at radius 2 is 0.941 bits per heavy atom. The minimum atomic E-state index is 0.980.